The first-order chi connectivity index (χ1) is 8.89. The van der Waals surface area contributed by atoms with Gasteiger partial charge in [0.25, 0.3) is 0 Å². The maximum atomic E-state index is 4.03. The molecule has 0 fully saturated rings. The monoisotopic (exact) mass is 480 g/mol. The quantitative estimate of drug-likeness (QED) is 0.272. The molecule has 0 rings (SSSR count). The van der Waals surface area contributed by atoms with Crippen LogP contribution in [0.1, 0.15) is 59.3 Å². The molecule has 0 heterocycles. The van der Waals surface area contributed by atoms with Crippen molar-refractivity contribution in [1.29, 1.82) is 0 Å². The van der Waals surface area contributed by atoms with Gasteiger partial charge in [-0.1, -0.05) is 0 Å². The molecule has 0 aliphatic carbocycles. The predicted molar refractivity (Wildman–Crippen MR) is 96.0 cm³/mol. The molecule has 112 valence electrons. The third-order valence-electron chi connectivity index (χ3n) is 3.73. The van der Waals surface area contributed by atoms with E-state index in [1.807, 2.05) is 0 Å². The standard InChI is InChI=1S/3C4H9.C2.3CH3.2Sn/c3*1-3-4-2;1-2;;;;;/h3*1,3-4H2,2H3;;3*1H3;;. The fourth-order valence-corrected chi connectivity index (χ4v) is 28.5. The fraction of sp³-hybridized carbons (Fsp3) is 0.882. The van der Waals surface area contributed by atoms with Crippen molar-refractivity contribution in [2.75, 3.05) is 0 Å². The number of unbranched alkanes of at least 4 members (excludes halogenated alkanes) is 3. The predicted octanol–water partition coefficient (Wildman–Crippen LogP) is 6.26. The average Bonchev–Trinajstić information content (AvgIpc) is 2.36. The van der Waals surface area contributed by atoms with Crippen LogP contribution in [0.4, 0.5) is 0 Å². The van der Waals surface area contributed by atoms with Crippen LogP contribution in [0.3, 0.4) is 0 Å². The van der Waals surface area contributed by atoms with Gasteiger partial charge in [-0.05, 0) is 0 Å². The SMILES string of the molecule is CCC[CH2][Sn]([C]#[C][Sn]([CH3])([CH3])[CH3])([CH2]CCC)[CH2]CCC. The van der Waals surface area contributed by atoms with Gasteiger partial charge in [0, 0.05) is 0 Å². The molecule has 0 aromatic rings. The van der Waals surface area contributed by atoms with Crippen LogP contribution in [0.5, 0.6) is 0 Å². The molecule has 19 heavy (non-hydrogen) atoms. The summed E-state index contributed by atoms with van der Waals surface area (Å²) >= 11 is -4.01. The van der Waals surface area contributed by atoms with Crippen LogP contribution in [0.2, 0.25) is 28.1 Å². The van der Waals surface area contributed by atoms with Crippen molar-refractivity contribution in [1.82, 2.24) is 0 Å². The van der Waals surface area contributed by atoms with Crippen molar-refractivity contribution in [2.45, 2.75) is 87.4 Å². The second kappa shape index (κ2) is 10.8. The number of rotatable bonds is 9. The van der Waals surface area contributed by atoms with E-state index in [-0.39, 0.29) is 0 Å². The molecule has 0 aromatic heterocycles. The first-order valence-corrected chi connectivity index (χ1v) is 25.9. The fourth-order valence-electron chi connectivity index (χ4n) is 2.43. The van der Waals surface area contributed by atoms with E-state index in [0.29, 0.717) is 0 Å². The van der Waals surface area contributed by atoms with E-state index in [2.05, 4.69) is 43.5 Å². The summed E-state index contributed by atoms with van der Waals surface area (Å²) in [5, 5.41) is 0. The van der Waals surface area contributed by atoms with Crippen LogP contribution in [-0.2, 0) is 0 Å². The Bertz CT molecular complexity index is 256. The van der Waals surface area contributed by atoms with Gasteiger partial charge in [-0.3, -0.25) is 0 Å². The van der Waals surface area contributed by atoms with Gasteiger partial charge in [-0.25, -0.2) is 0 Å². The second-order valence-electron chi connectivity index (χ2n) is 7.09. The molecule has 0 radical (unpaired) electrons. The zero-order valence-corrected chi connectivity index (χ0v) is 20.1. The summed E-state index contributed by atoms with van der Waals surface area (Å²) in [6.07, 6.45) is 8.40. The van der Waals surface area contributed by atoms with Crippen LogP contribution in [0.15, 0.2) is 0 Å². The van der Waals surface area contributed by atoms with E-state index in [1.165, 1.54) is 38.5 Å². The van der Waals surface area contributed by atoms with Gasteiger partial charge in [-0.15, -0.1) is 0 Å². The number of hydrogen-bond donors (Lipinski definition) is 0. The molecular weight excluding hydrogens is 442 g/mol. The van der Waals surface area contributed by atoms with Crippen LogP contribution < -0.4 is 0 Å². The molecule has 0 spiro atoms. The van der Waals surface area contributed by atoms with Gasteiger partial charge in [0.1, 0.15) is 0 Å². The van der Waals surface area contributed by atoms with E-state index in [1.54, 1.807) is 13.3 Å². The Hall–Kier alpha value is 1.16. The first kappa shape index (κ1) is 20.2. The topological polar surface area (TPSA) is 0 Å². The molecule has 0 unspecified atom stereocenters. The molecule has 2 heteroatoms. The third kappa shape index (κ3) is 10.5. The molecule has 0 saturated heterocycles. The summed E-state index contributed by atoms with van der Waals surface area (Å²) in [6.45, 7) is 7.02. The van der Waals surface area contributed by atoms with Gasteiger partial charge in [0.2, 0.25) is 0 Å². The normalized spacial score (nSPS) is 12.1. The van der Waals surface area contributed by atoms with Crippen molar-refractivity contribution in [3.05, 3.63) is 0 Å². The van der Waals surface area contributed by atoms with Crippen LogP contribution in [0.25, 0.3) is 0 Å². The Balaban J connectivity index is 5.00. The minimum absolute atomic E-state index is 1.36. The molecule has 0 saturated carbocycles. The van der Waals surface area contributed by atoms with Crippen LogP contribution in [0, 0.1) is 7.87 Å². The Kier molecular flexibility index (Phi) is 11.5. The molecule has 0 aliphatic rings. The van der Waals surface area contributed by atoms with Crippen molar-refractivity contribution >= 4 is 36.8 Å². The molecule has 0 N–H and O–H groups in total. The summed E-state index contributed by atoms with van der Waals surface area (Å²) in [4.78, 5) is 7.41. The third-order valence-corrected chi connectivity index (χ3v) is 21.4. The Morgan fingerprint density at radius 3 is 1.26 bits per heavy atom. The number of hydrogen-bond acceptors (Lipinski definition) is 0. The molecule has 0 bridgehead atoms. The second-order valence-corrected chi connectivity index (χ2v) is 33.0. The average molecular weight is 478 g/mol. The molecule has 0 amide bonds. The maximum absolute atomic E-state index is 4.03. The van der Waals surface area contributed by atoms with Crippen LogP contribution in [-0.4, -0.2) is 36.8 Å². The van der Waals surface area contributed by atoms with E-state index in [4.69, 9.17) is 0 Å². The summed E-state index contributed by atoms with van der Waals surface area (Å²) in [5.74, 6) is 0. The Morgan fingerprint density at radius 2 is 1.00 bits per heavy atom. The van der Waals surface area contributed by atoms with E-state index in [9.17, 15) is 0 Å². The molecule has 0 nitrogen and oxygen atoms in total. The molecular formula is C17H36Sn2. The van der Waals surface area contributed by atoms with Gasteiger partial charge in [0.15, 0.2) is 0 Å². The first-order valence-electron chi connectivity index (χ1n) is 8.43. The van der Waals surface area contributed by atoms with E-state index in [0.717, 1.165) is 0 Å². The van der Waals surface area contributed by atoms with Gasteiger partial charge in [0.05, 0.1) is 0 Å². The van der Waals surface area contributed by atoms with Crippen molar-refractivity contribution in [3.63, 3.8) is 0 Å². The van der Waals surface area contributed by atoms with E-state index >= 15 is 0 Å². The van der Waals surface area contributed by atoms with Crippen molar-refractivity contribution in [2.24, 2.45) is 0 Å². The van der Waals surface area contributed by atoms with Gasteiger partial charge < -0.3 is 0 Å². The molecule has 0 aromatic carbocycles. The van der Waals surface area contributed by atoms with Crippen molar-refractivity contribution < 1.29 is 0 Å². The summed E-state index contributed by atoms with van der Waals surface area (Å²) < 4.78 is 12.5. The summed E-state index contributed by atoms with van der Waals surface area (Å²) in [7, 11) is 0. The summed E-state index contributed by atoms with van der Waals surface area (Å²) in [6, 6.07) is 0. The van der Waals surface area contributed by atoms with Crippen molar-refractivity contribution in [3.8, 4) is 7.87 Å². The van der Waals surface area contributed by atoms with Gasteiger partial charge >= 0.3 is 132 Å². The Morgan fingerprint density at radius 1 is 0.632 bits per heavy atom. The van der Waals surface area contributed by atoms with Gasteiger partial charge in [-0.2, -0.15) is 0 Å². The zero-order valence-electron chi connectivity index (χ0n) is 14.4. The minimum atomic E-state index is -2.11. The van der Waals surface area contributed by atoms with E-state index < -0.39 is 36.8 Å². The molecule has 0 aliphatic heterocycles. The summed E-state index contributed by atoms with van der Waals surface area (Å²) in [5.41, 5.74) is 0. The molecule has 0 atom stereocenters. The van der Waals surface area contributed by atoms with Crippen LogP contribution >= 0.6 is 0 Å². The zero-order chi connectivity index (χ0) is 14.8. The Labute approximate surface area is 131 Å².